The maximum atomic E-state index is 4.26. The fourth-order valence-corrected chi connectivity index (χ4v) is 2.74. The highest BCUT2D eigenvalue weighted by Crippen LogP contribution is 2.17. The molecule has 1 fully saturated rings. The van der Waals surface area contributed by atoms with Crippen molar-refractivity contribution >= 4 is 21.6 Å². The number of fused-ring (bicyclic) bond motifs is 1. The van der Waals surface area contributed by atoms with Crippen molar-refractivity contribution in [1.29, 1.82) is 0 Å². The number of rotatable bonds is 2. The number of likely N-dealkylation sites (tertiary alicyclic amines) is 1. The van der Waals surface area contributed by atoms with E-state index in [0.717, 1.165) is 22.6 Å². The van der Waals surface area contributed by atoms with Gasteiger partial charge in [0.1, 0.15) is 0 Å². The molecule has 0 unspecified atom stereocenters. The molecule has 3 heterocycles. The van der Waals surface area contributed by atoms with Crippen LogP contribution in [0.15, 0.2) is 22.8 Å². The molecule has 0 spiro atoms. The SMILES string of the molecule is Brc1cccc2nnc(CN3CCCC3)n12. The fourth-order valence-electron chi connectivity index (χ4n) is 2.20. The Labute approximate surface area is 102 Å². The van der Waals surface area contributed by atoms with Crippen LogP contribution >= 0.6 is 15.9 Å². The summed E-state index contributed by atoms with van der Waals surface area (Å²) in [6.45, 7) is 3.25. The summed E-state index contributed by atoms with van der Waals surface area (Å²) in [5.41, 5.74) is 0.906. The number of hydrogen-bond donors (Lipinski definition) is 0. The first-order valence-electron chi connectivity index (χ1n) is 5.55. The van der Waals surface area contributed by atoms with Crippen LogP contribution in [0.3, 0.4) is 0 Å². The zero-order valence-corrected chi connectivity index (χ0v) is 10.5. The number of nitrogens with zero attached hydrogens (tertiary/aromatic N) is 4. The number of halogens is 1. The molecule has 2 aromatic rings. The second-order valence-electron chi connectivity index (χ2n) is 4.14. The van der Waals surface area contributed by atoms with Gasteiger partial charge in [-0.3, -0.25) is 9.30 Å². The first-order valence-corrected chi connectivity index (χ1v) is 6.35. The van der Waals surface area contributed by atoms with Crippen LogP contribution < -0.4 is 0 Å². The van der Waals surface area contributed by atoms with Crippen LogP contribution in [0.25, 0.3) is 5.65 Å². The molecular weight excluding hydrogens is 268 g/mol. The van der Waals surface area contributed by atoms with Crippen molar-refractivity contribution in [1.82, 2.24) is 19.5 Å². The van der Waals surface area contributed by atoms with Crippen LogP contribution in [-0.4, -0.2) is 32.6 Å². The van der Waals surface area contributed by atoms with Crippen molar-refractivity contribution in [2.24, 2.45) is 0 Å². The van der Waals surface area contributed by atoms with E-state index < -0.39 is 0 Å². The monoisotopic (exact) mass is 280 g/mol. The Bertz CT molecular complexity index is 502. The molecule has 3 rings (SSSR count). The maximum absolute atomic E-state index is 4.26. The third kappa shape index (κ3) is 1.74. The Morgan fingerprint density at radius 2 is 2.00 bits per heavy atom. The minimum Gasteiger partial charge on any atom is -0.296 e. The van der Waals surface area contributed by atoms with Gasteiger partial charge in [0.15, 0.2) is 11.5 Å². The van der Waals surface area contributed by atoms with E-state index in [4.69, 9.17) is 0 Å². The summed E-state index contributed by atoms with van der Waals surface area (Å²) >= 11 is 3.54. The molecule has 16 heavy (non-hydrogen) atoms. The molecule has 1 aliphatic heterocycles. The predicted octanol–water partition coefficient (Wildman–Crippen LogP) is 2.09. The molecule has 0 N–H and O–H groups in total. The zero-order chi connectivity index (χ0) is 11.0. The Morgan fingerprint density at radius 1 is 1.19 bits per heavy atom. The third-order valence-corrected chi connectivity index (χ3v) is 3.63. The summed E-state index contributed by atoms with van der Waals surface area (Å²) in [5, 5.41) is 8.44. The Morgan fingerprint density at radius 3 is 2.81 bits per heavy atom. The number of hydrogen-bond acceptors (Lipinski definition) is 3. The lowest BCUT2D eigenvalue weighted by molar-refractivity contribution is 0.321. The van der Waals surface area contributed by atoms with E-state index >= 15 is 0 Å². The predicted molar refractivity (Wildman–Crippen MR) is 65.2 cm³/mol. The van der Waals surface area contributed by atoms with Gasteiger partial charge in [-0.2, -0.15) is 0 Å². The van der Waals surface area contributed by atoms with E-state index in [2.05, 4.69) is 35.4 Å². The summed E-state index contributed by atoms with van der Waals surface area (Å²) in [6, 6.07) is 5.98. The average Bonchev–Trinajstić information content (AvgIpc) is 2.90. The van der Waals surface area contributed by atoms with Crippen LogP contribution in [0.2, 0.25) is 0 Å². The largest absolute Gasteiger partial charge is 0.296 e. The summed E-state index contributed by atoms with van der Waals surface area (Å²) in [7, 11) is 0. The van der Waals surface area contributed by atoms with E-state index in [9.17, 15) is 0 Å². The molecule has 1 saturated heterocycles. The molecule has 0 bridgehead atoms. The standard InChI is InChI=1S/C11H13BrN4/c12-9-4-3-5-10-13-14-11(16(9)10)8-15-6-1-2-7-15/h3-5H,1-2,6-8H2. The van der Waals surface area contributed by atoms with Gasteiger partial charge in [0.05, 0.1) is 11.1 Å². The quantitative estimate of drug-likeness (QED) is 0.790. The van der Waals surface area contributed by atoms with Crippen LogP contribution in [0.4, 0.5) is 0 Å². The molecule has 84 valence electrons. The van der Waals surface area contributed by atoms with Gasteiger partial charge in [-0.05, 0) is 54.0 Å². The van der Waals surface area contributed by atoms with E-state index in [1.165, 1.54) is 25.9 Å². The van der Waals surface area contributed by atoms with Crippen LogP contribution in [-0.2, 0) is 6.54 Å². The maximum Gasteiger partial charge on any atom is 0.161 e. The lowest BCUT2D eigenvalue weighted by Gasteiger charge is -2.12. The second kappa shape index (κ2) is 4.14. The van der Waals surface area contributed by atoms with E-state index in [1.807, 2.05) is 18.2 Å². The molecule has 1 aliphatic rings. The first kappa shape index (κ1) is 10.2. The minimum atomic E-state index is 0.893. The Balaban J connectivity index is 1.97. The van der Waals surface area contributed by atoms with Gasteiger partial charge in [-0.25, -0.2) is 0 Å². The topological polar surface area (TPSA) is 33.4 Å². The Kier molecular flexibility index (Phi) is 2.65. The van der Waals surface area contributed by atoms with Crippen LogP contribution in [0.1, 0.15) is 18.7 Å². The summed E-state index contributed by atoms with van der Waals surface area (Å²) < 4.78 is 3.09. The van der Waals surface area contributed by atoms with Crippen molar-refractivity contribution in [2.75, 3.05) is 13.1 Å². The van der Waals surface area contributed by atoms with Gasteiger partial charge < -0.3 is 0 Å². The van der Waals surface area contributed by atoms with E-state index in [0.29, 0.717) is 0 Å². The molecule has 0 aliphatic carbocycles. The molecule has 0 atom stereocenters. The molecule has 5 heteroatoms. The molecular formula is C11H13BrN4. The van der Waals surface area contributed by atoms with Crippen molar-refractivity contribution in [3.63, 3.8) is 0 Å². The van der Waals surface area contributed by atoms with Gasteiger partial charge in [0, 0.05) is 0 Å². The van der Waals surface area contributed by atoms with Crippen LogP contribution in [0, 0.1) is 0 Å². The average molecular weight is 281 g/mol. The summed E-state index contributed by atoms with van der Waals surface area (Å²) in [5.74, 6) is 1.02. The molecule has 0 aromatic carbocycles. The summed E-state index contributed by atoms with van der Waals surface area (Å²) in [4.78, 5) is 2.43. The van der Waals surface area contributed by atoms with Gasteiger partial charge in [0.2, 0.25) is 0 Å². The van der Waals surface area contributed by atoms with Gasteiger partial charge in [-0.1, -0.05) is 6.07 Å². The van der Waals surface area contributed by atoms with Gasteiger partial charge >= 0.3 is 0 Å². The van der Waals surface area contributed by atoms with E-state index in [-0.39, 0.29) is 0 Å². The molecule has 4 nitrogen and oxygen atoms in total. The zero-order valence-electron chi connectivity index (χ0n) is 8.93. The number of aromatic nitrogens is 3. The number of pyridine rings is 1. The Hall–Kier alpha value is -0.940. The fraction of sp³-hybridized carbons (Fsp3) is 0.455. The molecule has 0 amide bonds. The third-order valence-electron chi connectivity index (χ3n) is 3.01. The van der Waals surface area contributed by atoms with Crippen molar-refractivity contribution in [3.05, 3.63) is 28.6 Å². The molecule has 2 aromatic heterocycles. The highest BCUT2D eigenvalue weighted by atomic mass is 79.9. The van der Waals surface area contributed by atoms with Crippen molar-refractivity contribution < 1.29 is 0 Å². The van der Waals surface area contributed by atoms with E-state index in [1.54, 1.807) is 0 Å². The van der Waals surface area contributed by atoms with Crippen LogP contribution in [0.5, 0.6) is 0 Å². The van der Waals surface area contributed by atoms with Crippen molar-refractivity contribution in [2.45, 2.75) is 19.4 Å². The lowest BCUT2D eigenvalue weighted by atomic mass is 10.4. The van der Waals surface area contributed by atoms with Gasteiger partial charge in [-0.15, -0.1) is 10.2 Å². The molecule has 0 saturated carbocycles. The highest BCUT2D eigenvalue weighted by Gasteiger charge is 2.15. The van der Waals surface area contributed by atoms with Crippen molar-refractivity contribution in [3.8, 4) is 0 Å². The molecule has 0 radical (unpaired) electrons. The highest BCUT2D eigenvalue weighted by molar-refractivity contribution is 9.10. The normalized spacial score (nSPS) is 17.3. The first-order chi connectivity index (χ1) is 7.84. The minimum absolute atomic E-state index is 0.893. The van der Waals surface area contributed by atoms with Gasteiger partial charge in [0.25, 0.3) is 0 Å². The summed E-state index contributed by atoms with van der Waals surface area (Å²) in [6.07, 6.45) is 2.61. The smallest absolute Gasteiger partial charge is 0.161 e. The lowest BCUT2D eigenvalue weighted by Crippen LogP contribution is -2.20. The second-order valence-corrected chi connectivity index (χ2v) is 4.95.